The van der Waals surface area contributed by atoms with E-state index in [1.807, 2.05) is 9.91 Å². The van der Waals surface area contributed by atoms with Crippen LogP contribution in [0.1, 0.15) is 24.3 Å². The lowest BCUT2D eigenvalue weighted by Gasteiger charge is -2.33. The van der Waals surface area contributed by atoms with E-state index in [2.05, 4.69) is 22.6 Å². The van der Waals surface area contributed by atoms with Crippen molar-refractivity contribution in [1.29, 1.82) is 5.26 Å². The number of hydrogen-bond donors (Lipinski definition) is 0. The maximum Gasteiger partial charge on any atom is 0.201 e. The van der Waals surface area contributed by atoms with Crippen molar-refractivity contribution in [3.8, 4) is 6.07 Å². The zero-order chi connectivity index (χ0) is 17.0. The minimum atomic E-state index is 0.355. The number of fused-ring (bicyclic) bond motifs is 2. The van der Waals surface area contributed by atoms with Crippen molar-refractivity contribution >= 4 is 45.7 Å². The molecule has 6 nitrogen and oxygen atoms in total. The number of benzene rings is 1. The van der Waals surface area contributed by atoms with Crippen LogP contribution in [0.3, 0.4) is 0 Å². The van der Waals surface area contributed by atoms with Crippen LogP contribution in [-0.2, 0) is 0 Å². The Balaban J connectivity index is 1.94. The summed E-state index contributed by atoms with van der Waals surface area (Å²) >= 11 is 12.1. The van der Waals surface area contributed by atoms with Gasteiger partial charge in [-0.2, -0.15) is 5.26 Å². The van der Waals surface area contributed by atoms with E-state index in [1.165, 1.54) is 0 Å². The summed E-state index contributed by atoms with van der Waals surface area (Å²) in [6.45, 7) is 7.64. The van der Waals surface area contributed by atoms with Gasteiger partial charge >= 0.3 is 0 Å². The van der Waals surface area contributed by atoms with E-state index in [0.717, 1.165) is 31.8 Å². The molecule has 2 aliphatic heterocycles. The maximum atomic E-state index is 9.33. The number of halogens is 1. The number of nitrogens with zero attached hydrogens (tertiary/aromatic N) is 5. The second-order valence-electron chi connectivity index (χ2n) is 5.76. The average molecular weight is 360 g/mol. The van der Waals surface area contributed by atoms with Gasteiger partial charge in [-0.25, -0.2) is 4.98 Å². The van der Waals surface area contributed by atoms with Gasteiger partial charge in [0.25, 0.3) is 0 Å². The number of hydrazine groups is 1. The number of hydrogen-bond acceptors (Lipinski definition) is 5. The number of rotatable bonds is 1. The largest absolute Gasteiger partial charge is 0.440 e. The van der Waals surface area contributed by atoms with E-state index in [4.69, 9.17) is 28.2 Å². The number of thiocarbonyl (C=S) groups is 1. The Morgan fingerprint density at radius 3 is 2.75 bits per heavy atom. The summed E-state index contributed by atoms with van der Waals surface area (Å²) in [4.78, 5) is 6.26. The van der Waals surface area contributed by atoms with Crippen LogP contribution in [0.25, 0.3) is 11.1 Å². The van der Waals surface area contributed by atoms with Crippen molar-refractivity contribution in [1.82, 2.24) is 15.0 Å². The van der Waals surface area contributed by atoms with Gasteiger partial charge in [0, 0.05) is 20.0 Å². The summed E-state index contributed by atoms with van der Waals surface area (Å²) in [5, 5.41) is 14.5. The first kappa shape index (κ1) is 15.2. The van der Waals surface area contributed by atoms with Crippen LogP contribution in [-0.4, -0.2) is 33.2 Å². The monoisotopic (exact) mass is 359 g/mol. The minimum absolute atomic E-state index is 0.355. The molecule has 1 aromatic heterocycles. The van der Waals surface area contributed by atoms with Gasteiger partial charge < -0.3 is 4.42 Å². The summed E-state index contributed by atoms with van der Waals surface area (Å²) in [5.74, 6) is 1.21. The lowest BCUT2D eigenvalue weighted by atomic mass is 10.1. The topological polar surface area (TPSA) is 59.5 Å². The number of aryl methyl sites for hydroxylation is 1. The molecule has 0 radical (unpaired) electrons. The molecule has 2 saturated heterocycles. The number of oxazole rings is 1. The van der Waals surface area contributed by atoms with E-state index >= 15 is 0 Å². The van der Waals surface area contributed by atoms with Crippen LogP contribution >= 0.6 is 23.8 Å². The fourth-order valence-electron chi connectivity index (χ4n) is 3.24. The summed E-state index contributed by atoms with van der Waals surface area (Å²) in [5.41, 5.74) is 1.92. The molecule has 0 unspecified atom stereocenters. The second kappa shape index (κ2) is 5.36. The number of anilines is 1. The molecule has 0 amide bonds. The molecule has 8 heteroatoms. The highest BCUT2D eigenvalue weighted by Crippen LogP contribution is 2.42. The third-order valence-corrected chi connectivity index (χ3v) is 4.98. The van der Waals surface area contributed by atoms with Crippen molar-refractivity contribution in [2.24, 2.45) is 0 Å². The van der Waals surface area contributed by atoms with Gasteiger partial charge in [-0.05, 0) is 31.1 Å². The third-order valence-electron chi connectivity index (χ3n) is 4.29. The molecule has 2 fully saturated rings. The molecule has 0 saturated carbocycles. The van der Waals surface area contributed by atoms with Crippen LogP contribution in [0, 0.1) is 18.3 Å². The average Bonchev–Trinajstić information content (AvgIpc) is 3.07. The molecular formula is C16H14ClN5OS. The molecule has 3 heterocycles. The summed E-state index contributed by atoms with van der Waals surface area (Å²) < 4.78 is 5.62. The molecule has 0 bridgehead atoms. The van der Waals surface area contributed by atoms with Crippen molar-refractivity contribution in [3.63, 3.8) is 0 Å². The van der Waals surface area contributed by atoms with E-state index in [0.29, 0.717) is 38.4 Å². The third kappa shape index (κ3) is 2.00. The van der Waals surface area contributed by atoms with Crippen molar-refractivity contribution in [2.45, 2.75) is 19.8 Å². The fourth-order valence-corrected chi connectivity index (χ4v) is 3.91. The molecule has 24 heavy (non-hydrogen) atoms. The van der Waals surface area contributed by atoms with Crippen LogP contribution in [0.4, 0.5) is 5.69 Å². The summed E-state index contributed by atoms with van der Waals surface area (Å²) in [6, 6.07) is 3.69. The Labute approximate surface area is 149 Å². The zero-order valence-electron chi connectivity index (χ0n) is 13.0. The quantitative estimate of drug-likeness (QED) is 0.721. The second-order valence-corrected chi connectivity index (χ2v) is 6.54. The van der Waals surface area contributed by atoms with Crippen molar-refractivity contribution in [2.75, 3.05) is 18.0 Å². The van der Waals surface area contributed by atoms with Crippen molar-refractivity contribution < 1.29 is 4.42 Å². The SMILES string of the molecule is C=C1N(c2c(Cl)cc(C#N)c3oc(C)nc23)C(=S)N2CCCCN12. The molecule has 1 aromatic carbocycles. The molecule has 2 aliphatic rings. The van der Waals surface area contributed by atoms with E-state index < -0.39 is 0 Å². The highest BCUT2D eigenvalue weighted by molar-refractivity contribution is 7.80. The van der Waals surface area contributed by atoms with E-state index in [1.54, 1.807) is 13.0 Å². The minimum Gasteiger partial charge on any atom is -0.440 e. The number of nitriles is 1. The zero-order valence-corrected chi connectivity index (χ0v) is 14.6. The lowest BCUT2D eigenvalue weighted by molar-refractivity contribution is 0.0757. The molecule has 0 spiro atoms. The molecular weight excluding hydrogens is 346 g/mol. The normalized spacial score (nSPS) is 17.6. The molecule has 0 atom stereocenters. The highest BCUT2D eigenvalue weighted by atomic mass is 35.5. The fraction of sp³-hybridized carbons (Fsp3) is 0.312. The lowest BCUT2D eigenvalue weighted by Crippen LogP contribution is -2.42. The van der Waals surface area contributed by atoms with Gasteiger partial charge in [-0.3, -0.25) is 14.9 Å². The smallest absolute Gasteiger partial charge is 0.201 e. The predicted octanol–water partition coefficient (Wildman–Crippen LogP) is 3.55. The Morgan fingerprint density at radius 1 is 1.38 bits per heavy atom. The number of aromatic nitrogens is 1. The van der Waals surface area contributed by atoms with E-state index in [9.17, 15) is 5.26 Å². The molecule has 4 rings (SSSR count). The van der Waals surface area contributed by atoms with Gasteiger partial charge in [0.2, 0.25) is 5.11 Å². The van der Waals surface area contributed by atoms with E-state index in [-0.39, 0.29) is 0 Å². The highest BCUT2D eigenvalue weighted by Gasteiger charge is 2.40. The molecule has 122 valence electrons. The van der Waals surface area contributed by atoms with Crippen LogP contribution < -0.4 is 4.90 Å². The summed E-state index contributed by atoms with van der Waals surface area (Å²) in [6.07, 6.45) is 2.17. The molecule has 2 aromatic rings. The predicted molar refractivity (Wildman–Crippen MR) is 95.3 cm³/mol. The van der Waals surface area contributed by atoms with Gasteiger partial charge in [0.05, 0.1) is 16.3 Å². The van der Waals surface area contributed by atoms with Crippen LogP contribution in [0.15, 0.2) is 22.9 Å². The summed E-state index contributed by atoms with van der Waals surface area (Å²) in [7, 11) is 0. The van der Waals surface area contributed by atoms with Gasteiger partial charge in [0.15, 0.2) is 11.5 Å². The van der Waals surface area contributed by atoms with Crippen LogP contribution in [0.5, 0.6) is 0 Å². The Bertz CT molecular complexity index is 907. The standard InChI is InChI=1S/C16H14ClN5OS/c1-9-19-13-14(12(17)7-11(8-18)15(13)23-9)22-10(2)20-5-3-4-6-21(20)16(22)24/h7H,2-6H2,1H3. The van der Waals surface area contributed by atoms with Gasteiger partial charge in [0.1, 0.15) is 17.4 Å². The Morgan fingerprint density at radius 2 is 2.08 bits per heavy atom. The molecule has 0 aliphatic carbocycles. The maximum absolute atomic E-state index is 9.33. The molecule has 0 N–H and O–H groups in total. The van der Waals surface area contributed by atoms with Gasteiger partial charge in [-0.1, -0.05) is 18.2 Å². The van der Waals surface area contributed by atoms with Gasteiger partial charge in [-0.15, -0.1) is 0 Å². The first-order valence-corrected chi connectivity index (χ1v) is 8.39. The van der Waals surface area contributed by atoms with Crippen molar-refractivity contribution in [3.05, 3.63) is 34.9 Å². The van der Waals surface area contributed by atoms with Crippen LogP contribution in [0.2, 0.25) is 5.02 Å². The first-order valence-electron chi connectivity index (χ1n) is 7.60. The Kier molecular flexibility index (Phi) is 3.41. The first-order chi connectivity index (χ1) is 11.5. The Hall–Kier alpha value is -2.30.